The number of hydrogen-bond acceptors (Lipinski definition) is 3. The Labute approximate surface area is 96.4 Å². The Kier molecular flexibility index (Phi) is 5.85. The van der Waals surface area contributed by atoms with Crippen molar-refractivity contribution < 1.29 is 9.59 Å². The summed E-state index contributed by atoms with van der Waals surface area (Å²) in [5.41, 5.74) is 0. The summed E-state index contributed by atoms with van der Waals surface area (Å²) in [6.45, 7) is 3.84. The van der Waals surface area contributed by atoms with E-state index < -0.39 is 0 Å². The lowest BCUT2D eigenvalue weighted by molar-refractivity contribution is -0.124. The Balaban J connectivity index is 2.12. The molecule has 3 N–H and O–H groups in total. The lowest BCUT2D eigenvalue weighted by Crippen LogP contribution is -2.47. The number of carbonyl (C=O) groups excluding carboxylic acids is 2. The number of nitrogens with one attached hydrogen (secondary N) is 3. The highest BCUT2D eigenvalue weighted by molar-refractivity contribution is 5.82. The van der Waals surface area contributed by atoms with Crippen molar-refractivity contribution in [2.45, 2.75) is 38.6 Å². The van der Waals surface area contributed by atoms with Crippen LogP contribution in [0.2, 0.25) is 0 Å². The van der Waals surface area contributed by atoms with Gasteiger partial charge >= 0.3 is 0 Å². The van der Waals surface area contributed by atoms with Gasteiger partial charge in [-0.15, -0.1) is 0 Å². The van der Waals surface area contributed by atoms with Crippen molar-refractivity contribution in [1.29, 1.82) is 0 Å². The Bertz CT molecular complexity index is 237. The smallest absolute Gasteiger partial charge is 0.237 e. The molecule has 1 heterocycles. The first-order chi connectivity index (χ1) is 7.74. The molecule has 1 aliphatic heterocycles. The molecule has 1 fully saturated rings. The van der Waals surface area contributed by atoms with E-state index in [-0.39, 0.29) is 17.9 Å². The Morgan fingerprint density at radius 1 is 1.31 bits per heavy atom. The summed E-state index contributed by atoms with van der Waals surface area (Å²) < 4.78 is 0. The van der Waals surface area contributed by atoms with Crippen molar-refractivity contribution >= 4 is 11.8 Å². The van der Waals surface area contributed by atoms with Crippen molar-refractivity contribution in [3.63, 3.8) is 0 Å². The van der Waals surface area contributed by atoms with Crippen molar-refractivity contribution in [3.05, 3.63) is 0 Å². The van der Waals surface area contributed by atoms with Gasteiger partial charge in [-0.25, -0.2) is 0 Å². The van der Waals surface area contributed by atoms with Crippen LogP contribution >= 0.6 is 0 Å². The maximum absolute atomic E-state index is 11.6. The van der Waals surface area contributed by atoms with Crippen LogP contribution in [0.25, 0.3) is 0 Å². The zero-order valence-corrected chi connectivity index (χ0v) is 9.84. The van der Waals surface area contributed by atoms with Gasteiger partial charge in [0, 0.05) is 19.5 Å². The first-order valence-corrected chi connectivity index (χ1v) is 6.02. The molecule has 0 unspecified atom stereocenters. The van der Waals surface area contributed by atoms with Crippen LogP contribution in [0.3, 0.4) is 0 Å². The summed E-state index contributed by atoms with van der Waals surface area (Å²) in [4.78, 5) is 22.8. The Morgan fingerprint density at radius 2 is 2.12 bits per heavy atom. The zero-order chi connectivity index (χ0) is 11.8. The molecule has 0 aromatic heterocycles. The van der Waals surface area contributed by atoms with Crippen LogP contribution in [0.5, 0.6) is 0 Å². The fourth-order valence-electron chi connectivity index (χ4n) is 1.78. The Morgan fingerprint density at radius 3 is 2.75 bits per heavy atom. The van der Waals surface area contributed by atoms with Crippen LogP contribution in [0.4, 0.5) is 0 Å². The van der Waals surface area contributed by atoms with Crippen molar-refractivity contribution in [3.8, 4) is 0 Å². The topological polar surface area (TPSA) is 70.2 Å². The molecule has 0 spiro atoms. The van der Waals surface area contributed by atoms with Gasteiger partial charge < -0.3 is 16.0 Å². The first kappa shape index (κ1) is 13.0. The van der Waals surface area contributed by atoms with Gasteiger partial charge in [-0.1, -0.05) is 6.42 Å². The van der Waals surface area contributed by atoms with Gasteiger partial charge in [0.05, 0.1) is 6.04 Å². The summed E-state index contributed by atoms with van der Waals surface area (Å²) in [6.07, 6.45) is 3.49. The minimum absolute atomic E-state index is 0.0144. The van der Waals surface area contributed by atoms with E-state index in [1.807, 2.05) is 6.92 Å². The SMILES string of the molecule is CCNC(=O)CCNC(=O)[C@@H]1CCCCN1. The van der Waals surface area contributed by atoms with E-state index in [1.165, 1.54) is 0 Å². The van der Waals surface area contributed by atoms with Gasteiger partial charge in [-0.05, 0) is 26.3 Å². The van der Waals surface area contributed by atoms with Crippen molar-refractivity contribution in [2.75, 3.05) is 19.6 Å². The van der Waals surface area contributed by atoms with E-state index in [2.05, 4.69) is 16.0 Å². The molecular formula is C11H21N3O2. The molecule has 0 saturated carbocycles. The predicted octanol–water partition coefficient (Wildman–Crippen LogP) is -0.229. The molecular weight excluding hydrogens is 206 g/mol. The van der Waals surface area contributed by atoms with E-state index in [0.717, 1.165) is 25.8 Å². The number of amides is 2. The molecule has 0 aromatic rings. The fraction of sp³-hybridized carbons (Fsp3) is 0.818. The average Bonchev–Trinajstić information content (AvgIpc) is 2.30. The molecule has 1 saturated heterocycles. The van der Waals surface area contributed by atoms with E-state index in [1.54, 1.807) is 0 Å². The number of rotatable bonds is 5. The summed E-state index contributed by atoms with van der Waals surface area (Å²) in [6, 6.07) is -0.0667. The highest BCUT2D eigenvalue weighted by atomic mass is 16.2. The fourth-order valence-corrected chi connectivity index (χ4v) is 1.78. The summed E-state index contributed by atoms with van der Waals surface area (Å²) in [7, 11) is 0. The second-order valence-corrected chi connectivity index (χ2v) is 4.00. The number of hydrogen-bond donors (Lipinski definition) is 3. The highest BCUT2D eigenvalue weighted by Crippen LogP contribution is 2.06. The molecule has 2 amide bonds. The van der Waals surface area contributed by atoms with Crippen LogP contribution in [0.1, 0.15) is 32.6 Å². The van der Waals surface area contributed by atoms with Gasteiger partial charge in [0.25, 0.3) is 0 Å². The monoisotopic (exact) mass is 227 g/mol. The van der Waals surface area contributed by atoms with Crippen molar-refractivity contribution in [2.24, 2.45) is 0 Å². The van der Waals surface area contributed by atoms with Crippen LogP contribution < -0.4 is 16.0 Å². The second kappa shape index (κ2) is 7.22. The summed E-state index contributed by atoms with van der Waals surface area (Å²) >= 11 is 0. The lowest BCUT2D eigenvalue weighted by atomic mass is 10.0. The summed E-state index contributed by atoms with van der Waals surface area (Å²) in [5, 5.41) is 8.64. The quantitative estimate of drug-likeness (QED) is 0.607. The van der Waals surface area contributed by atoms with Crippen LogP contribution in [0, 0.1) is 0 Å². The van der Waals surface area contributed by atoms with E-state index in [0.29, 0.717) is 19.5 Å². The third-order valence-electron chi connectivity index (χ3n) is 2.65. The average molecular weight is 227 g/mol. The molecule has 0 bridgehead atoms. The third-order valence-corrected chi connectivity index (χ3v) is 2.65. The normalized spacial score (nSPS) is 20.2. The standard InChI is InChI=1S/C11H21N3O2/c1-2-12-10(15)6-8-14-11(16)9-5-3-4-7-13-9/h9,13H,2-8H2,1H3,(H,12,15)(H,14,16)/t9-/m0/s1. The molecule has 1 atom stereocenters. The zero-order valence-electron chi connectivity index (χ0n) is 9.84. The number of piperidine rings is 1. The highest BCUT2D eigenvalue weighted by Gasteiger charge is 2.19. The Hall–Kier alpha value is -1.10. The number of carbonyl (C=O) groups is 2. The molecule has 0 radical (unpaired) electrons. The molecule has 5 heteroatoms. The summed E-state index contributed by atoms with van der Waals surface area (Å²) in [5.74, 6) is 0.00315. The maximum atomic E-state index is 11.6. The second-order valence-electron chi connectivity index (χ2n) is 4.00. The van der Waals surface area contributed by atoms with Crippen LogP contribution in [-0.4, -0.2) is 37.5 Å². The molecule has 1 aliphatic rings. The van der Waals surface area contributed by atoms with Gasteiger partial charge in [0.1, 0.15) is 0 Å². The van der Waals surface area contributed by atoms with E-state index >= 15 is 0 Å². The minimum Gasteiger partial charge on any atom is -0.356 e. The van der Waals surface area contributed by atoms with Gasteiger partial charge in [0.15, 0.2) is 0 Å². The third kappa shape index (κ3) is 4.61. The van der Waals surface area contributed by atoms with Crippen molar-refractivity contribution in [1.82, 2.24) is 16.0 Å². The van der Waals surface area contributed by atoms with Gasteiger partial charge in [-0.2, -0.15) is 0 Å². The van der Waals surface area contributed by atoms with Crippen LogP contribution in [-0.2, 0) is 9.59 Å². The first-order valence-electron chi connectivity index (χ1n) is 6.02. The molecule has 5 nitrogen and oxygen atoms in total. The molecule has 16 heavy (non-hydrogen) atoms. The minimum atomic E-state index is -0.0667. The van der Waals surface area contributed by atoms with E-state index in [9.17, 15) is 9.59 Å². The largest absolute Gasteiger partial charge is 0.356 e. The van der Waals surface area contributed by atoms with E-state index in [4.69, 9.17) is 0 Å². The van der Waals surface area contributed by atoms with Crippen LogP contribution in [0.15, 0.2) is 0 Å². The predicted molar refractivity (Wildman–Crippen MR) is 62.0 cm³/mol. The molecule has 0 aromatic carbocycles. The molecule has 0 aliphatic carbocycles. The molecule has 92 valence electrons. The van der Waals surface area contributed by atoms with Gasteiger partial charge in [0.2, 0.25) is 11.8 Å². The lowest BCUT2D eigenvalue weighted by Gasteiger charge is -2.22. The maximum Gasteiger partial charge on any atom is 0.237 e. The molecule has 1 rings (SSSR count). The van der Waals surface area contributed by atoms with Gasteiger partial charge in [-0.3, -0.25) is 9.59 Å².